The molecule has 19 heavy (non-hydrogen) atoms. The quantitative estimate of drug-likeness (QED) is 0.651. The highest BCUT2D eigenvalue weighted by Gasteiger charge is 2.09. The van der Waals surface area contributed by atoms with Gasteiger partial charge in [-0.25, -0.2) is 17.9 Å². The Morgan fingerprint density at radius 1 is 1.32 bits per heavy atom. The molecule has 1 aromatic carbocycles. The van der Waals surface area contributed by atoms with Crippen LogP contribution in [0.3, 0.4) is 0 Å². The Morgan fingerprint density at radius 3 is 2.58 bits per heavy atom. The number of carbonyl (C=O) groups is 1. The Morgan fingerprint density at radius 2 is 2.00 bits per heavy atom. The average Bonchev–Trinajstić information content (AvgIpc) is 2.28. The zero-order chi connectivity index (χ0) is 14.5. The van der Waals surface area contributed by atoms with Crippen LogP contribution in [0.25, 0.3) is 0 Å². The van der Waals surface area contributed by atoms with Crippen molar-refractivity contribution < 1.29 is 18.3 Å². The highest BCUT2D eigenvalue weighted by atomic mass is 32.2. The van der Waals surface area contributed by atoms with Crippen LogP contribution in [0.1, 0.15) is 22.3 Å². The van der Waals surface area contributed by atoms with E-state index in [9.17, 15) is 13.2 Å². The standard InChI is InChI=1S/C12H18N2O4S/c1-9-4-5-11(10(8-9)12(15)16)13-6-3-7-14-19(2,17)18/h4-5,8,13-14H,3,6-7H2,1-2H3,(H,15,16). The number of nitrogens with one attached hydrogen (secondary N) is 2. The van der Waals surface area contributed by atoms with Crippen LogP contribution in [0.2, 0.25) is 0 Å². The molecule has 0 amide bonds. The first kappa shape index (κ1) is 15.5. The van der Waals surface area contributed by atoms with Gasteiger partial charge in [0.15, 0.2) is 0 Å². The van der Waals surface area contributed by atoms with Crippen molar-refractivity contribution in [2.45, 2.75) is 13.3 Å². The number of aryl methyl sites for hydroxylation is 1. The van der Waals surface area contributed by atoms with Crippen LogP contribution in [0.5, 0.6) is 0 Å². The van der Waals surface area contributed by atoms with Gasteiger partial charge in [-0.3, -0.25) is 0 Å². The second-order valence-corrected chi connectivity index (χ2v) is 6.13. The molecule has 0 aliphatic heterocycles. The summed E-state index contributed by atoms with van der Waals surface area (Å²) in [7, 11) is -3.17. The van der Waals surface area contributed by atoms with Crippen molar-refractivity contribution in [3.05, 3.63) is 29.3 Å². The van der Waals surface area contributed by atoms with Crippen molar-refractivity contribution >= 4 is 21.7 Å². The minimum Gasteiger partial charge on any atom is -0.478 e. The summed E-state index contributed by atoms with van der Waals surface area (Å²) in [5.41, 5.74) is 1.63. The number of sulfonamides is 1. The van der Waals surface area contributed by atoms with E-state index >= 15 is 0 Å². The van der Waals surface area contributed by atoms with Gasteiger partial charge in [0.2, 0.25) is 10.0 Å². The van der Waals surface area contributed by atoms with Crippen LogP contribution in [-0.2, 0) is 10.0 Å². The summed E-state index contributed by atoms with van der Waals surface area (Å²) in [6.07, 6.45) is 1.67. The first-order valence-electron chi connectivity index (χ1n) is 5.82. The predicted octanol–water partition coefficient (Wildman–Crippen LogP) is 1.04. The van der Waals surface area contributed by atoms with Gasteiger partial charge in [0.05, 0.1) is 11.8 Å². The maximum atomic E-state index is 11.1. The highest BCUT2D eigenvalue weighted by Crippen LogP contribution is 2.17. The SMILES string of the molecule is Cc1ccc(NCCCNS(C)(=O)=O)c(C(=O)O)c1. The number of aromatic carboxylic acids is 1. The molecular weight excluding hydrogens is 268 g/mol. The third kappa shape index (κ3) is 5.71. The Hall–Kier alpha value is -1.60. The van der Waals surface area contributed by atoms with Crippen LogP contribution >= 0.6 is 0 Å². The van der Waals surface area contributed by atoms with E-state index in [4.69, 9.17) is 5.11 Å². The van der Waals surface area contributed by atoms with Crippen molar-refractivity contribution in [1.29, 1.82) is 0 Å². The third-order valence-electron chi connectivity index (χ3n) is 2.44. The summed E-state index contributed by atoms with van der Waals surface area (Å²) < 4.78 is 24.0. The lowest BCUT2D eigenvalue weighted by atomic mass is 10.1. The maximum absolute atomic E-state index is 11.1. The fourth-order valence-corrected chi connectivity index (χ4v) is 2.07. The van der Waals surface area contributed by atoms with Crippen molar-refractivity contribution in [2.75, 3.05) is 24.7 Å². The molecule has 6 nitrogen and oxygen atoms in total. The molecule has 0 heterocycles. The normalized spacial score (nSPS) is 11.3. The number of anilines is 1. The van der Waals surface area contributed by atoms with E-state index < -0.39 is 16.0 Å². The molecule has 0 unspecified atom stereocenters. The van der Waals surface area contributed by atoms with Crippen molar-refractivity contribution in [3.63, 3.8) is 0 Å². The van der Waals surface area contributed by atoms with Gasteiger partial charge >= 0.3 is 5.97 Å². The second kappa shape index (κ2) is 6.53. The Balaban J connectivity index is 2.52. The van der Waals surface area contributed by atoms with Gasteiger partial charge in [-0.05, 0) is 25.5 Å². The molecule has 0 fully saturated rings. The molecule has 0 radical (unpaired) electrons. The second-order valence-electron chi connectivity index (χ2n) is 4.30. The van der Waals surface area contributed by atoms with Crippen LogP contribution in [0, 0.1) is 6.92 Å². The molecule has 0 atom stereocenters. The fraction of sp³-hybridized carbons (Fsp3) is 0.417. The molecule has 0 aliphatic carbocycles. The number of carboxylic acid groups (broad SMARTS) is 1. The van der Waals surface area contributed by atoms with Gasteiger partial charge < -0.3 is 10.4 Å². The molecule has 0 spiro atoms. The van der Waals surface area contributed by atoms with Gasteiger partial charge in [0.1, 0.15) is 0 Å². The largest absolute Gasteiger partial charge is 0.478 e. The van der Waals surface area contributed by atoms with Crippen molar-refractivity contribution in [1.82, 2.24) is 4.72 Å². The minimum atomic E-state index is -3.17. The van der Waals surface area contributed by atoms with E-state index in [0.717, 1.165) is 11.8 Å². The number of carboxylic acids is 1. The van der Waals surface area contributed by atoms with Gasteiger partial charge in [-0.15, -0.1) is 0 Å². The number of hydrogen-bond acceptors (Lipinski definition) is 4. The summed E-state index contributed by atoms with van der Waals surface area (Å²) in [6.45, 7) is 2.64. The van der Waals surface area contributed by atoms with Crippen LogP contribution in [0.15, 0.2) is 18.2 Å². The zero-order valence-corrected chi connectivity index (χ0v) is 11.8. The Kier molecular flexibility index (Phi) is 5.31. The number of hydrogen-bond donors (Lipinski definition) is 3. The van der Waals surface area contributed by atoms with Crippen molar-refractivity contribution in [3.8, 4) is 0 Å². The molecule has 1 aromatic rings. The zero-order valence-electron chi connectivity index (χ0n) is 10.9. The molecule has 1 rings (SSSR count). The maximum Gasteiger partial charge on any atom is 0.337 e. The molecule has 0 aliphatic rings. The van der Waals surface area contributed by atoms with Gasteiger partial charge in [0.25, 0.3) is 0 Å². The smallest absolute Gasteiger partial charge is 0.337 e. The molecule has 7 heteroatoms. The lowest BCUT2D eigenvalue weighted by Gasteiger charge is -2.10. The van der Waals surface area contributed by atoms with Crippen LogP contribution < -0.4 is 10.0 Å². The van der Waals surface area contributed by atoms with E-state index in [0.29, 0.717) is 25.2 Å². The third-order valence-corrected chi connectivity index (χ3v) is 3.17. The van der Waals surface area contributed by atoms with E-state index in [1.165, 1.54) is 0 Å². The Labute approximate surface area is 112 Å². The van der Waals surface area contributed by atoms with E-state index in [1.807, 2.05) is 13.0 Å². The first-order valence-corrected chi connectivity index (χ1v) is 7.71. The molecule has 0 bridgehead atoms. The van der Waals surface area contributed by atoms with E-state index in [2.05, 4.69) is 10.0 Å². The highest BCUT2D eigenvalue weighted by molar-refractivity contribution is 7.88. The van der Waals surface area contributed by atoms with Crippen molar-refractivity contribution in [2.24, 2.45) is 0 Å². The Bertz CT molecular complexity index is 555. The topological polar surface area (TPSA) is 95.5 Å². The molecule has 3 N–H and O–H groups in total. The minimum absolute atomic E-state index is 0.219. The summed E-state index contributed by atoms with van der Waals surface area (Å²) in [5, 5.41) is 12.1. The van der Waals surface area contributed by atoms with Crippen LogP contribution in [-0.4, -0.2) is 38.8 Å². The summed E-state index contributed by atoms with van der Waals surface area (Å²) in [5.74, 6) is -0.986. The average molecular weight is 286 g/mol. The monoisotopic (exact) mass is 286 g/mol. The summed E-state index contributed by atoms with van der Waals surface area (Å²) in [6, 6.07) is 5.13. The van der Waals surface area contributed by atoms with E-state index in [1.54, 1.807) is 12.1 Å². The number of rotatable bonds is 7. The van der Waals surface area contributed by atoms with Gasteiger partial charge in [-0.2, -0.15) is 0 Å². The van der Waals surface area contributed by atoms with E-state index in [-0.39, 0.29) is 5.56 Å². The number of benzene rings is 1. The van der Waals surface area contributed by atoms with Gasteiger partial charge in [-0.1, -0.05) is 11.6 Å². The molecule has 106 valence electrons. The van der Waals surface area contributed by atoms with Gasteiger partial charge in [0, 0.05) is 18.8 Å². The predicted molar refractivity (Wildman–Crippen MR) is 74.1 cm³/mol. The lowest BCUT2D eigenvalue weighted by Crippen LogP contribution is -2.24. The summed E-state index contributed by atoms with van der Waals surface area (Å²) in [4.78, 5) is 11.1. The molecule has 0 saturated heterocycles. The van der Waals surface area contributed by atoms with Crippen LogP contribution in [0.4, 0.5) is 5.69 Å². The molecular formula is C12H18N2O4S. The summed E-state index contributed by atoms with van der Waals surface area (Å²) >= 11 is 0. The fourth-order valence-electron chi connectivity index (χ4n) is 1.56. The first-order chi connectivity index (χ1) is 8.79. The lowest BCUT2D eigenvalue weighted by molar-refractivity contribution is 0.0698. The molecule has 0 saturated carbocycles. The molecule has 0 aromatic heterocycles.